The number of anilines is 2. The highest BCUT2D eigenvalue weighted by Gasteiger charge is 2.67. The lowest BCUT2D eigenvalue weighted by atomic mass is 9.76. The van der Waals surface area contributed by atoms with Gasteiger partial charge in [0.25, 0.3) is 0 Å². The molecule has 2 saturated heterocycles. The van der Waals surface area contributed by atoms with E-state index in [1.807, 2.05) is 60.7 Å². The molecule has 0 aliphatic carbocycles. The van der Waals surface area contributed by atoms with E-state index in [0.29, 0.717) is 12.5 Å². The molecule has 0 aromatic heterocycles. The number of methoxy groups -OCH3 is 1. The van der Waals surface area contributed by atoms with E-state index >= 15 is 0 Å². The molecule has 160 valence electrons. The monoisotopic (exact) mass is 418 g/mol. The van der Waals surface area contributed by atoms with Crippen LogP contribution in [0.4, 0.5) is 11.4 Å². The minimum Gasteiger partial charge on any atom is -0.497 e. The highest BCUT2D eigenvalue weighted by atomic mass is 16.5. The largest absolute Gasteiger partial charge is 0.497 e. The Labute approximate surface area is 181 Å². The van der Waals surface area contributed by atoms with Crippen LogP contribution in [-0.2, 0) is 14.3 Å². The van der Waals surface area contributed by atoms with Crippen LogP contribution < -0.4 is 15.0 Å². The number of ether oxygens (including phenoxy) is 2. The number of carbonyl (C=O) groups excluding carboxylic acids is 2. The van der Waals surface area contributed by atoms with E-state index in [4.69, 9.17) is 9.47 Å². The van der Waals surface area contributed by atoms with Crippen LogP contribution >= 0.6 is 0 Å². The van der Waals surface area contributed by atoms with Crippen molar-refractivity contribution in [3.05, 3.63) is 66.2 Å². The van der Waals surface area contributed by atoms with Crippen LogP contribution in [0, 0.1) is 11.8 Å². The summed E-state index contributed by atoms with van der Waals surface area (Å²) in [7, 11) is 1.61. The van der Waals surface area contributed by atoms with E-state index in [0.717, 1.165) is 17.1 Å². The van der Waals surface area contributed by atoms with Crippen LogP contribution in [0.1, 0.15) is 25.3 Å². The molecule has 1 spiro atoms. The minimum absolute atomic E-state index is 0.0766. The Bertz CT molecular complexity index is 1040. The first-order valence-corrected chi connectivity index (χ1v) is 10.7. The van der Waals surface area contributed by atoms with Gasteiger partial charge in [-0.25, -0.2) is 0 Å². The lowest BCUT2D eigenvalue weighted by Gasteiger charge is -2.23. The van der Waals surface area contributed by atoms with Crippen LogP contribution in [0.25, 0.3) is 0 Å². The fourth-order valence-corrected chi connectivity index (χ4v) is 4.96. The summed E-state index contributed by atoms with van der Waals surface area (Å²) in [6.45, 7) is 4.67. The van der Waals surface area contributed by atoms with Crippen molar-refractivity contribution in [2.24, 2.45) is 11.8 Å². The Morgan fingerprint density at radius 3 is 2.52 bits per heavy atom. The molecule has 31 heavy (non-hydrogen) atoms. The third kappa shape index (κ3) is 3.13. The number of hydrogen-bond donors (Lipinski definition) is 1. The quantitative estimate of drug-likeness (QED) is 0.751. The molecule has 2 fully saturated rings. The van der Waals surface area contributed by atoms with Gasteiger partial charge in [-0.1, -0.05) is 38.1 Å². The summed E-state index contributed by atoms with van der Waals surface area (Å²) in [4.78, 5) is 28.4. The molecule has 6 heteroatoms. The van der Waals surface area contributed by atoms with Crippen molar-refractivity contribution >= 4 is 23.2 Å². The molecule has 0 saturated carbocycles. The zero-order chi connectivity index (χ0) is 21.8. The van der Waals surface area contributed by atoms with E-state index in [1.54, 1.807) is 12.0 Å². The van der Waals surface area contributed by atoms with Crippen LogP contribution in [0.15, 0.2) is 60.7 Å². The van der Waals surface area contributed by atoms with Crippen LogP contribution in [0.3, 0.4) is 0 Å². The minimum atomic E-state index is -0.745. The van der Waals surface area contributed by atoms with Crippen LogP contribution in [0.5, 0.6) is 5.75 Å². The number of rotatable bonds is 5. The van der Waals surface area contributed by atoms with Gasteiger partial charge in [0.2, 0.25) is 11.8 Å². The second-order valence-corrected chi connectivity index (χ2v) is 8.79. The number of nitrogens with one attached hydrogen (secondary N) is 1. The fraction of sp³-hybridized carbons (Fsp3) is 0.360. The molecule has 3 heterocycles. The zero-order valence-corrected chi connectivity index (χ0v) is 17.9. The van der Waals surface area contributed by atoms with E-state index in [9.17, 15) is 9.59 Å². The molecule has 5 rings (SSSR count). The second-order valence-electron chi connectivity index (χ2n) is 8.79. The molecule has 4 atom stereocenters. The average Bonchev–Trinajstić information content (AvgIpc) is 3.42. The molecule has 1 N–H and O–H groups in total. The van der Waals surface area contributed by atoms with Crippen molar-refractivity contribution in [3.63, 3.8) is 0 Å². The summed E-state index contributed by atoms with van der Waals surface area (Å²) in [6.07, 6.45) is 3.51. The molecule has 2 aromatic carbocycles. The molecule has 1 unspecified atom stereocenters. The molecule has 2 bridgehead atoms. The van der Waals surface area contributed by atoms with Crippen molar-refractivity contribution in [1.29, 1.82) is 0 Å². The summed E-state index contributed by atoms with van der Waals surface area (Å²) in [5, 5.41) is 2.99. The molecular weight excluding hydrogens is 392 g/mol. The summed E-state index contributed by atoms with van der Waals surface area (Å²) < 4.78 is 11.4. The van der Waals surface area contributed by atoms with Crippen molar-refractivity contribution in [3.8, 4) is 5.75 Å². The first-order valence-electron chi connectivity index (χ1n) is 10.7. The molecule has 2 aromatic rings. The predicted molar refractivity (Wildman–Crippen MR) is 118 cm³/mol. The molecule has 0 radical (unpaired) electrons. The maximum absolute atomic E-state index is 13.4. The van der Waals surface area contributed by atoms with Gasteiger partial charge in [-0.15, -0.1) is 0 Å². The number of benzene rings is 2. The highest BCUT2D eigenvalue weighted by molar-refractivity contribution is 6.05. The van der Waals surface area contributed by atoms with E-state index < -0.39 is 17.4 Å². The van der Waals surface area contributed by atoms with Gasteiger partial charge in [-0.2, -0.15) is 0 Å². The number of fused-ring (bicyclic) bond motifs is 1. The fourth-order valence-electron chi connectivity index (χ4n) is 4.96. The third-order valence-electron chi connectivity index (χ3n) is 6.63. The SMILES string of the molecule is COc1ccc(N2C[C@]34C=C[C@@H](O3)C(C(=O)Nc3ccc(C(C)C)cc3)[C@H]4C2=O)cc1. The highest BCUT2D eigenvalue weighted by Crippen LogP contribution is 2.52. The van der Waals surface area contributed by atoms with Gasteiger partial charge in [0.05, 0.1) is 31.6 Å². The van der Waals surface area contributed by atoms with Crippen molar-refractivity contribution in [1.82, 2.24) is 0 Å². The molecular formula is C25H26N2O4. The Balaban J connectivity index is 1.38. The van der Waals surface area contributed by atoms with E-state index in [1.165, 1.54) is 5.56 Å². The third-order valence-corrected chi connectivity index (χ3v) is 6.63. The number of hydrogen-bond acceptors (Lipinski definition) is 4. The topological polar surface area (TPSA) is 67.9 Å². The summed E-state index contributed by atoms with van der Waals surface area (Å²) in [5.74, 6) is -0.179. The smallest absolute Gasteiger partial charge is 0.234 e. The Hall–Kier alpha value is -3.12. The number of amides is 2. The lowest BCUT2D eigenvalue weighted by molar-refractivity contribution is -0.128. The maximum Gasteiger partial charge on any atom is 0.234 e. The van der Waals surface area contributed by atoms with E-state index in [-0.39, 0.29) is 17.9 Å². The first-order chi connectivity index (χ1) is 14.9. The lowest BCUT2D eigenvalue weighted by Crippen LogP contribution is -2.41. The van der Waals surface area contributed by atoms with Gasteiger partial charge in [-0.05, 0) is 47.9 Å². The van der Waals surface area contributed by atoms with Gasteiger partial charge in [0, 0.05) is 11.4 Å². The van der Waals surface area contributed by atoms with Crippen molar-refractivity contribution in [2.75, 3.05) is 23.9 Å². The summed E-state index contributed by atoms with van der Waals surface area (Å²) in [6, 6.07) is 15.2. The standard InChI is InChI=1S/C25H26N2O4/c1-15(2)16-4-6-17(7-5-16)26-23(28)21-20-12-13-25(31-20)14-27(24(29)22(21)25)18-8-10-19(30-3)11-9-18/h4-13,15,20-22H,14H2,1-3H3,(H,26,28)/t20-,21?,22+,25+/m1/s1. The van der Waals surface area contributed by atoms with Crippen molar-refractivity contribution in [2.45, 2.75) is 31.5 Å². The number of carbonyl (C=O) groups is 2. The average molecular weight is 418 g/mol. The number of nitrogens with zero attached hydrogens (tertiary/aromatic N) is 1. The van der Waals surface area contributed by atoms with Gasteiger partial charge in [-0.3, -0.25) is 9.59 Å². The normalized spacial score (nSPS) is 28.3. The van der Waals surface area contributed by atoms with Crippen LogP contribution in [-0.4, -0.2) is 37.2 Å². The van der Waals surface area contributed by atoms with Gasteiger partial charge in [0.1, 0.15) is 11.4 Å². The Morgan fingerprint density at radius 2 is 1.87 bits per heavy atom. The van der Waals surface area contributed by atoms with Crippen LogP contribution in [0.2, 0.25) is 0 Å². The predicted octanol–water partition coefficient (Wildman–Crippen LogP) is 3.74. The van der Waals surface area contributed by atoms with Gasteiger partial charge >= 0.3 is 0 Å². The summed E-state index contributed by atoms with van der Waals surface area (Å²) in [5.41, 5.74) is 1.97. The molecule has 3 aliphatic heterocycles. The van der Waals surface area contributed by atoms with E-state index in [2.05, 4.69) is 19.2 Å². The molecule has 6 nitrogen and oxygen atoms in total. The Kier molecular flexibility index (Phi) is 4.63. The molecule has 2 amide bonds. The summed E-state index contributed by atoms with van der Waals surface area (Å²) >= 11 is 0. The van der Waals surface area contributed by atoms with Gasteiger partial charge < -0.3 is 19.7 Å². The maximum atomic E-state index is 13.4. The Morgan fingerprint density at radius 1 is 1.16 bits per heavy atom. The van der Waals surface area contributed by atoms with Crippen molar-refractivity contribution < 1.29 is 19.1 Å². The second kappa shape index (κ2) is 7.24. The van der Waals surface area contributed by atoms with Gasteiger partial charge in [0.15, 0.2) is 0 Å². The first kappa shape index (κ1) is 19.8. The zero-order valence-electron chi connectivity index (χ0n) is 17.9. The molecule has 3 aliphatic rings.